The van der Waals surface area contributed by atoms with Gasteiger partial charge in [0.2, 0.25) is 0 Å². The molecular weight excluding hydrogens is 244 g/mol. The van der Waals surface area contributed by atoms with Crippen LogP contribution in [0.2, 0.25) is 0 Å². The molecule has 0 bridgehead atoms. The van der Waals surface area contributed by atoms with E-state index < -0.39 is 5.97 Å². The Morgan fingerprint density at radius 2 is 2.00 bits per heavy atom. The maximum Gasteiger partial charge on any atom is 0.357 e. The molecule has 0 aliphatic carbocycles. The van der Waals surface area contributed by atoms with Gasteiger partial charge in [0.25, 0.3) is 0 Å². The summed E-state index contributed by atoms with van der Waals surface area (Å²) in [5.41, 5.74) is 1.20. The van der Waals surface area contributed by atoms with Gasteiger partial charge in [-0.15, -0.1) is 0 Å². The third kappa shape index (κ3) is 3.77. The topological polar surface area (TPSA) is 61.3 Å². The third-order valence-electron chi connectivity index (χ3n) is 2.33. The second-order valence-corrected chi connectivity index (χ2v) is 3.72. The van der Waals surface area contributed by atoms with Crippen molar-refractivity contribution >= 4 is 5.97 Å². The highest BCUT2D eigenvalue weighted by Crippen LogP contribution is 2.08. The van der Waals surface area contributed by atoms with Gasteiger partial charge in [-0.25, -0.2) is 9.78 Å². The Balaban J connectivity index is 2.01. The van der Waals surface area contributed by atoms with Crippen molar-refractivity contribution in [2.75, 3.05) is 6.61 Å². The van der Waals surface area contributed by atoms with Crippen LogP contribution in [-0.4, -0.2) is 22.5 Å². The van der Waals surface area contributed by atoms with Crippen LogP contribution in [0.1, 0.15) is 23.0 Å². The highest BCUT2D eigenvalue weighted by molar-refractivity contribution is 5.87. The van der Waals surface area contributed by atoms with Gasteiger partial charge >= 0.3 is 12.0 Å². The molecule has 0 spiro atoms. The summed E-state index contributed by atoms with van der Waals surface area (Å²) in [5, 5.41) is 0. The summed E-state index contributed by atoms with van der Waals surface area (Å²) >= 11 is 0. The van der Waals surface area contributed by atoms with Crippen LogP contribution >= 0.6 is 0 Å². The van der Waals surface area contributed by atoms with Gasteiger partial charge in [-0.05, 0) is 18.6 Å². The molecule has 0 aliphatic heterocycles. The van der Waals surface area contributed by atoms with E-state index in [1.807, 2.05) is 30.3 Å². The summed E-state index contributed by atoms with van der Waals surface area (Å²) in [6.45, 7) is 2.40. The number of hydrogen-bond donors (Lipinski definition) is 0. The Kier molecular flexibility index (Phi) is 4.44. The second kappa shape index (κ2) is 6.49. The van der Waals surface area contributed by atoms with Crippen LogP contribution in [0.4, 0.5) is 0 Å². The molecule has 0 aliphatic rings. The van der Waals surface area contributed by atoms with Crippen LogP contribution < -0.4 is 4.74 Å². The minimum Gasteiger partial charge on any atom is -0.461 e. The van der Waals surface area contributed by atoms with Gasteiger partial charge in [-0.1, -0.05) is 30.3 Å². The lowest BCUT2D eigenvalue weighted by Gasteiger charge is -2.05. The van der Waals surface area contributed by atoms with E-state index in [0.29, 0.717) is 13.2 Å². The first-order chi connectivity index (χ1) is 9.29. The summed E-state index contributed by atoms with van der Waals surface area (Å²) in [6, 6.07) is 11.3. The lowest BCUT2D eigenvalue weighted by Crippen LogP contribution is -2.09. The predicted molar refractivity (Wildman–Crippen MR) is 68.8 cm³/mol. The van der Waals surface area contributed by atoms with Crippen LogP contribution in [0.5, 0.6) is 6.01 Å². The van der Waals surface area contributed by atoms with Crippen LogP contribution in [0.15, 0.2) is 42.6 Å². The molecule has 0 atom stereocenters. The lowest BCUT2D eigenvalue weighted by atomic mass is 10.2. The van der Waals surface area contributed by atoms with Gasteiger partial charge in [-0.2, -0.15) is 4.98 Å². The highest BCUT2D eigenvalue weighted by atomic mass is 16.5. The smallest absolute Gasteiger partial charge is 0.357 e. The van der Waals surface area contributed by atoms with Crippen molar-refractivity contribution < 1.29 is 14.3 Å². The number of carbonyl (C=O) groups is 1. The first kappa shape index (κ1) is 13.0. The quantitative estimate of drug-likeness (QED) is 0.770. The lowest BCUT2D eigenvalue weighted by molar-refractivity contribution is 0.0517. The fraction of sp³-hybridized carbons (Fsp3) is 0.214. The Hall–Kier alpha value is -2.43. The Bertz CT molecular complexity index is 543. The number of ether oxygens (including phenoxy) is 2. The molecule has 0 amide bonds. The largest absolute Gasteiger partial charge is 0.461 e. The molecule has 5 nitrogen and oxygen atoms in total. The normalized spacial score (nSPS) is 9.95. The molecule has 0 radical (unpaired) electrons. The number of esters is 1. The van der Waals surface area contributed by atoms with Gasteiger partial charge in [0.05, 0.1) is 6.61 Å². The first-order valence-electron chi connectivity index (χ1n) is 5.96. The average Bonchev–Trinajstić information content (AvgIpc) is 2.47. The molecule has 1 aromatic heterocycles. The maximum atomic E-state index is 11.5. The SMILES string of the molecule is CCOC(=O)c1ccnc(OCc2ccccc2)n1. The second-order valence-electron chi connectivity index (χ2n) is 3.72. The monoisotopic (exact) mass is 258 g/mol. The van der Waals surface area contributed by atoms with Crippen molar-refractivity contribution in [1.29, 1.82) is 0 Å². The molecule has 1 aromatic carbocycles. The van der Waals surface area contributed by atoms with E-state index in [2.05, 4.69) is 9.97 Å². The van der Waals surface area contributed by atoms with E-state index in [1.54, 1.807) is 6.92 Å². The molecular formula is C14H14N2O3. The summed E-state index contributed by atoms with van der Waals surface area (Å²) in [7, 11) is 0. The fourth-order valence-corrected chi connectivity index (χ4v) is 1.45. The summed E-state index contributed by atoms with van der Waals surface area (Å²) in [5.74, 6) is -0.477. The Morgan fingerprint density at radius 1 is 1.21 bits per heavy atom. The molecule has 0 fully saturated rings. The van der Waals surface area contributed by atoms with Crippen LogP contribution in [0.25, 0.3) is 0 Å². The van der Waals surface area contributed by atoms with Crippen LogP contribution in [-0.2, 0) is 11.3 Å². The maximum absolute atomic E-state index is 11.5. The van der Waals surface area contributed by atoms with E-state index in [0.717, 1.165) is 5.56 Å². The zero-order valence-corrected chi connectivity index (χ0v) is 10.6. The molecule has 2 aromatic rings. The van der Waals surface area contributed by atoms with Crippen LogP contribution in [0.3, 0.4) is 0 Å². The standard InChI is InChI=1S/C14H14N2O3/c1-2-18-13(17)12-8-9-15-14(16-12)19-10-11-6-4-3-5-7-11/h3-9H,2,10H2,1H3. The third-order valence-corrected chi connectivity index (χ3v) is 2.33. The highest BCUT2D eigenvalue weighted by Gasteiger charge is 2.10. The number of carbonyl (C=O) groups excluding carboxylic acids is 1. The molecule has 0 N–H and O–H groups in total. The molecule has 5 heteroatoms. The Labute approximate surface area is 111 Å². The van der Waals surface area contributed by atoms with Crippen molar-refractivity contribution in [2.45, 2.75) is 13.5 Å². The van der Waals surface area contributed by atoms with Gasteiger partial charge in [0.1, 0.15) is 6.61 Å². The van der Waals surface area contributed by atoms with Crippen molar-refractivity contribution in [1.82, 2.24) is 9.97 Å². The summed E-state index contributed by atoms with van der Waals surface area (Å²) in [6.07, 6.45) is 1.47. The van der Waals surface area contributed by atoms with E-state index in [4.69, 9.17) is 9.47 Å². The zero-order chi connectivity index (χ0) is 13.5. The van der Waals surface area contributed by atoms with Gasteiger partial charge in [0, 0.05) is 6.20 Å². The van der Waals surface area contributed by atoms with E-state index in [-0.39, 0.29) is 11.7 Å². The fourth-order valence-electron chi connectivity index (χ4n) is 1.45. The molecule has 2 rings (SSSR count). The van der Waals surface area contributed by atoms with Crippen molar-refractivity contribution in [3.05, 3.63) is 53.9 Å². The van der Waals surface area contributed by atoms with Gasteiger partial charge in [-0.3, -0.25) is 0 Å². The van der Waals surface area contributed by atoms with Crippen molar-refractivity contribution in [3.63, 3.8) is 0 Å². The minimum atomic E-state index is -0.477. The van der Waals surface area contributed by atoms with Gasteiger partial charge in [0.15, 0.2) is 5.69 Å². The summed E-state index contributed by atoms with van der Waals surface area (Å²) < 4.78 is 10.3. The minimum absolute atomic E-state index is 0.161. The average molecular weight is 258 g/mol. The van der Waals surface area contributed by atoms with Crippen molar-refractivity contribution in [2.24, 2.45) is 0 Å². The molecule has 19 heavy (non-hydrogen) atoms. The molecule has 0 unspecified atom stereocenters. The molecule has 0 saturated carbocycles. The van der Waals surface area contributed by atoms with E-state index in [9.17, 15) is 4.79 Å². The van der Waals surface area contributed by atoms with Crippen LogP contribution in [0, 0.1) is 0 Å². The van der Waals surface area contributed by atoms with Gasteiger partial charge < -0.3 is 9.47 Å². The number of nitrogens with zero attached hydrogens (tertiary/aromatic N) is 2. The molecule has 1 heterocycles. The van der Waals surface area contributed by atoms with Crippen molar-refractivity contribution in [3.8, 4) is 6.01 Å². The molecule has 98 valence electrons. The van der Waals surface area contributed by atoms with E-state index >= 15 is 0 Å². The zero-order valence-electron chi connectivity index (χ0n) is 10.6. The number of hydrogen-bond acceptors (Lipinski definition) is 5. The molecule has 0 saturated heterocycles. The van der Waals surface area contributed by atoms with E-state index in [1.165, 1.54) is 12.3 Å². The number of benzene rings is 1. The Morgan fingerprint density at radius 3 is 2.74 bits per heavy atom. The predicted octanol–water partition coefficient (Wildman–Crippen LogP) is 2.23. The number of aromatic nitrogens is 2. The first-order valence-corrected chi connectivity index (χ1v) is 5.96. The summed E-state index contributed by atoms with van der Waals surface area (Å²) in [4.78, 5) is 19.5. The number of rotatable bonds is 5.